The van der Waals surface area contributed by atoms with E-state index < -0.39 is 8.07 Å². The molecule has 0 amide bonds. The van der Waals surface area contributed by atoms with Crippen LogP contribution in [0.15, 0.2) is 89.7 Å². The Morgan fingerprint density at radius 3 is 2.41 bits per heavy atom. The fraction of sp³-hybridized carbons (Fsp3) is 0.289. The van der Waals surface area contributed by atoms with E-state index in [-0.39, 0.29) is 20.1 Å². The number of pyridine rings is 3. The van der Waals surface area contributed by atoms with Crippen molar-refractivity contribution in [2.45, 2.75) is 65.1 Å². The maximum atomic E-state index is 5.90. The molecule has 2 aromatic carbocycles. The second-order valence-corrected chi connectivity index (χ2v) is 17.8. The van der Waals surface area contributed by atoms with Crippen LogP contribution >= 0.6 is 0 Å². The van der Waals surface area contributed by atoms with Crippen LogP contribution in [0.25, 0.3) is 44.6 Å². The zero-order chi connectivity index (χ0) is 29.8. The number of fused-ring (bicyclic) bond motifs is 3. The van der Waals surface area contributed by atoms with E-state index in [0.29, 0.717) is 5.71 Å². The number of furan rings is 1. The van der Waals surface area contributed by atoms with Crippen molar-refractivity contribution >= 4 is 35.3 Å². The molecule has 1 radical (unpaired) electrons. The first-order valence-corrected chi connectivity index (χ1v) is 18.9. The first kappa shape index (κ1) is 32.0. The second kappa shape index (κ2) is 14.1. The molecule has 0 unspecified atom stereocenters. The maximum Gasteiger partial charge on any atom is 0.216 e. The van der Waals surface area contributed by atoms with Gasteiger partial charge in [0.05, 0.1) is 13.7 Å². The van der Waals surface area contributed by atoms with Crippen LogP contribution in [0.2, 0.25) is 19.6 Å². The van der Waals surface area contributed by atoms with Crippen molar-refractivity contribution < 1.29 is 24.5 Å². The molecule has 6 aromatic rings. The standard InChI is InChI=1S/C21H28NSi.C17H11N2O.Ir/c1-23(2,3)21-16-22-20(18-12-8-5-9-13-18)15-19(21)14-17-10-6-4-7-11-17;1-11-7-9-18-15(10-11)14-5-2-4-12-13-6-3-8-19-17(13)20-16(12)14;/h5,8-9,12,15-17H,4,6-7,10-11,14H2,1-3H3;2-4,6-10H,1H3;/q2*-1;. The Labute approximate surface area is 275 Å². The minimum Gasteiger partial charge on any atom is -0.486 e. The topological polar surface area (TPSA) is 51.8 Å². The Kier molecular flexibility index (Phi) is 10.3. The van der Waals surface area contributed by atoms with Crippen LogP contribution in [0.4, 0.5) is 0 Å². The third-order valence-electron chi connectivity index (χ3n) is 8.40. The Morgan fingerprint density at radius 1 is 0.818 bits per heavy atom. The summed E-state index contributed by atoms with van der Waals surface area (Å²) in [6.07, 6.45) is 14.0. The molecular formula is C38H39IrN3OSi-2. The monoisotopic (exact) mass is 774 g/mol. The van der Waals surface area contributed by atoms with Gasteiger partial charge in [-0.05, 0) is 54.0 Å². The average Bonchev–Trinajstić information content (AvgIpc) is 3.41. The first-order valence-electron chi connectivity index (χ1n) is 15.4. The average molecular weight is 774 g/mol. The van der Waals surface area contributed by atoms with Crippen LogP contribution in [-0.4, -0.2) is 23.0 Å². The van der Waals surface area contributed by atoms with Gasteiger partial charge in [0, 0.05) is 44.1 Å². The third-order valence-corrected chi connectivity index (χ3v) is 10.5. The first-order chi connectivity index (χ1) is 20.9. The smallest absolute Gasteiger partial charge is 0.216 e. The van der Waals surface area contributed by atoms with E-state index in [1.165, 1.54) is 38.5 Å². The summed E-state index contributed by atoms with van der Waals surface area (Å²) in [5, 5.41) is 3.61. The van der Waals surface area contributed by atoms with Crippen molar-refractivity contribution in [2.24, 2.45) is 5.92 Å². The molecule has 6 heteroatoms. The molecule has 1 aliphatic rings. The van der Waals surface area contributed by atoms with Crippen molar-refractivity contribution in [3.05, 3.63) is 109 Å². The summed E-state index contributed by atoms with van der Waals surface area (Å²) < 4.78 is 5.90. The molecule has 44 heavy (non-hydrogen) atoms. The largest absolute Gasteiger partial charge is 0.486 e. The van der Waals surface area contributed by atoms with Gasteiger partial charge in [0.25, 0.3) is 0 Å². The van der Waals surface area contributed by atoms with Crippen molar-refractivity contribution in [2.75, 3.05) is 0 Å². The Morgan fingerprint density at radius 2 is 1.66 bits per heavy atom. The van der Waals surface area contributed by atoms with Crippen molar-refractivity contribution in [1.29, 1.82) is 0 Å². The van der Waals surface area contributed by atoms with E-state index in [9.17, 15) is 0 Å². The minimum atomic E-state index is -1.36. The molecule has 1 saturated carbocycles. The van der Waals surface area contributed by atoms with E-state index in [2.05, 4.69) is 66.1 Å². The number of hydrogen-bond acceptors (Lipinski definition) is 4. The normalized spacial score (nSPS) is 13.7. The predicted octanol–water partition coefficient (Wildman–Crippen LogP) is 9.37. The zero-order valence-electron chi connectivity index (χ0n) is 26.0. The van der Waals surface area contributed by atoms with E-state index in [1.807, 2.05) is 55.5 Å². The summed E-state index contributed by atoms with van der Waals surface area (Å²) >= 11 is 0. The van der Waals surface area contributed by atoms with Crippen LogP contribution in [0.1, 0.15) is 43.2 Å². The van der Waals surface area contributed by atoms with Gasteiger partial charge in [0.2, 0.25) is 5.71 Å². The fourth-order valence-corrected chi connectivity index (χ4v) is 7.77. The van der Waals surface area contributed by atoms with Gasteiger partial charge in [-0.25, -0.2) is 4.98 Å². The molecule has 4 aromatic heterocycles. The zero-order valence-corrected chi connectivity index (χ0v) is 29.4. The SMILES string of the molecule is C[Si](C)(C)c1cnc(-c2[c-]cccc2)cc1CC1CCCCC1.Cc1ccnc(-c2[c-]ccc3c2oc2ncccc23)c1.[Ir]. The van der Waals surface area contributed by atoms with Crippen LogP contribution < -0.4 is 5.19 Å². The molecule has 0 bridgehead atoms. The number of aryl methyl sites for hydroxylation is 1. The Balaban J connectivity index is 0.000000172. The number of nitrogens with zero attached hydrogens (tertiary/aromatic N) is 3. The van der Waals surface area contributed by atoms with Gasteiger partial charge < -0.3 is 14.4 Å². The molecule has 1 fully saturated rings. The van der Waals surface area contributed by atoms with Crippen LogP contribution in [-0.2, 0) is 26.5 Å². The molecule has 4 heterocycles. The van der Waals surface area contributed by atoms with Gasteiger partial charge >= 0.3 is 0 Å². The molecule has 7 rings (SSSR count). The second-order valence-electron chi connectivity index (χ2n) is 12.7. The minimum absolute atomic E-state index is 0. The van der Waals surface area contributed by atoms with Gasteiger partial charge in [-0.3, -0.25) is 0 Å². The van der Waals surface area contributed by atoms with Crippen LogP contribution in [0.3, 0.4) is 0 Å². The number of benzene rings is 2. The maximum absolute atomic E-state index is 5.90. The number of aromatic nitrogens is 3. The molecule has 0 N–H and O–H groups in total. The van der Waals surface area contributed by atoms with Gasteiger partial charge in [-0.1, -0.05) is 86.0 Å². The Bertz CT molecular complexity index is 1840. The fourth-order valence-electron chi connectivity index (χ4n) is 6.18. The molecule has 0 atom stereocenters. The third kappa shape index (κ3) is 7.26. The summed E-state index contributed by atoms with van der Waals surface area (Å²) in [6, 6.07) is 28.9. The molecule has 4 nitrogen and oxygen atoms in total. The van der Waals surface area contributed by atoms with Crippen molar-refractivity contribution in [1.82, 2.24) is 15.0 Å². The van der Waals surface area contributed by atoms with E-state index >= 15 is 0 Å². The van der Waals surface area contributed by atoms with E-state index in [1.54, 1.807) is 23.1 Å². The Hall–Kier alpha value is -3.44. The summed E-state index contributed by atoms with van der Waals surface area (Å²) in [4.78, 5) is 13.5. The predicted molar refractivity (Wildman–Crippen MR) is 180 cm³/mol. The summed E-state index contributed by atoms with van der Waals surface area (Å²) in [5.74, 6) is 0.869. The molecule has 0 aliphatic heterocycles. The van der Waals surface area contributed by atoms with E-state index in [4.69, 9.17) is 9.40 Å². The molecule has 1 aliphatic carbocycles. The summed E-state index contributed by atoms with van der Waals surface area (Å²) in [5.41, 5.74) is 8.10. The number of rotatable bonds is 5. The van der Waals surface area contributed by atoms with Gasteiger partial charge in [0.15, 0.2) is 0 Å². The molecule has 0 saturated heterocycles. The molecule has 0 spiro atoms. The van der Waals surface area contributed by atoms with Crippen LogP contribution in [0.5, 0.6) is 0 Å². The molecule has 227 valence electrons. The number of hydrogen-bond donors (Lipinski definition) is 0. The van der Waals surface area contributed by atoms with Gasteiger partial charge in [-0.15, -0.1) is 54.1 Å². The quantitative estimate of drug-likeness (QED) is 0.130. The van der Waals surface area contributed by atoms with E-state index in [0.717, 1.165) is 50.4 Å². The van der Waals surface area contributed by atoms with Crippen molar-refractivity contribution in [3.63, 3.8) is 0 Å². The summed E-state index contributed by atoms with van der Waals surface area (Å²) in [6.45, 7) is 9.35. The van der Waals surface area contributed by atoms with Crippen molar-refractivity contribution in [3.8, 4) is 22.5 Å². The molecular weight excluding hydrogens is 735 g/mol. The summed E-state index contributed by atoms with van der Waals surface area (Å²) in [7, 11) is -1.36. The van der Waals surface area contributed by atoms with Gasteiger partial charge in [0.1, 0.15) is 0 Å². The van der Waals surface area contributed by atoms with Crippen LogP contribution in [0, 0.1) is 25.0 Å². The van der Waals surface area contributed by atoms with Gasteiger partial charge in [-0.2, -0.15) is 0 Å².